The number of carbonyl (C=O) groups excluding carboxylic acids is 1. The Balaban J connectivity index is 1.78. The lowest BCUT2D eigenvalue weighted by Crippen LogP contribution is -2.33. The van der Waals surface area contributed by atoms with E-state index < -0.39 is 5.67 Å². The number of alkyl halides is 1. The van der Waals surface area contributed by atoms with Gasteiger partial charge in [0.15, 0.2) is 5.67 Å². The average molecular weight is 237 g/mol. The van der Waals surface area contributed by atoms with Crippen LogP contribution in [-0.2, 0) is 16.0 Å². The van der Waals surface area contributed by atoms with Crippen LogP contribution in [0.25, 0.3) is 0 Å². The van der Waals surface area contributed by atoms with E-state index in [1.165, 1.54) is 0 Å². The van der Waals surface area contributed by atoms with E-state index in [4.69, 9.17) is 4.74 Å². The lowest BCUT2D eigenvalue weighted by Gasteiger charge is -2.17. The van der Waals surface area contributed by atoms with Gasteiger partial charge >= 0.3 is 5.97 Å². The Labute approximate surface area is 100.0 Å². The molecule has 0 aromatic heterocycles. The van der Waals surface area contributed by atoms with E-state index in [-0.39, 0.29) is 25.5 Å². The third-order valence-corrected chi connectivity index (χ3v) is 2.87. The summed E-state index contributed by atoms with van der Waals surface area (Å²) in [5.74, 6) is -0.375. The number of nitrogens with one attached hydrogen (secondary N) is 1. The molecule has 1 aliphatic rings. The molecule has 0 radical (unpaired) electrons. The number of hydrogen-bond donors (Lipinski definition) is 1. The number of halogens is 1. The average Bonchev–Trinajstić information content (AvgIpc) is 2.76. The van der Waals surface area contributed by atoms with Crippen molar-refractivity contribution in [1.82, 2.24) is 5.32 Å². The van der Waals surface area contributed by atoms with Crippen molar-refractivity contribution < 1.29 is 13.9 Å². The van der Waals surface area contributed by atoms with E-state index in [2.05, 4.69) is 5.32 Å². The van der Waals surface area contributed by atoms with E-state index >= 15 is 0 Å². The van der Waals surface area contributed by atoms with Gasteiger partial charge in [0.25, 0.3) is 0 Å². The summed E-state index contributed by atoms with van der Waals surface area (Å²) >= 11 is 0. The second-order valence-electron chi connectivity index (χ2n) is 4.40. The highest BCUT2D eigenvalue weighted by Gasteiger charge is 2.35. The SMILES string of the molecule is O=C(Cc1ccccc1)OCC1(F)CCNC1. The lowest BCUT2D eigenvalue weighted by molar-refractivity contribution is -0.146. The summed E-state index contributed by atoms with van der Waals surface area (Å²) in [4.78, 5) is 11.5. The van der Waals surface area contributed by atoms with E-state index in [0.717, 1.165) is 5.56 Å². The summed E-state index contributed by atoms with van der Waals surface area (Å²) in [6.07, 6.45) is 0.607. The Kier molecular flexibility index (Phi) is 3.74. The Morgan fingerprint density at radius 3 is 2.82 bits per heavy atom. The van der Waals surface area contributed by atoms with Gasteiger partial charge in [-0.05, 0) is 18.5 Å². The molecule has 1 atom stereocenters. The highest BCUT2D eigenvalue weighted by atomic mass is 19.1. The maximum Gasteiger partial charge on any atom is 0.310 e. The summed E-state index contributed by atoms with van der Waals surface area (Å²) in [7, 11) is 0. The third-order valence-electron chi connectivity index (χ3n) is 2.87. The predicted octanol–water partition coefficient (Wildman–Crippen LogP) is 1.47. The van der Waals surface area contributed by atoms with Gasteiger partial charge in [-0.3, -0.25) is 4.79 Å². The summed E-state index contributed by atoms with van der Waals surface area (Å²) in [6.45, 7) is 0.768. The molecule has 92 valence electrons. The fourth-order valence-electron chi connectivity index (χ4n) is 1.86. The first-order valence-electron chi connectivity index (χ1n) is 5.77. The molecule has 0 saturated carbocycles. The molecule has 0 amide bonds. The van der Waals surface area contributed by atoms with Crippen LogP contribution >= 0.6 is 0 Å². The molecule has 1 N–H and O–H groups in total. The monoisotopic (exact) mass is 237 g/mol. The molecule has 1 aliphatic heterocycles. The Bertz CT molecular complexity index is 374. The van der Waals surface area contributed by atoms with Crippen molar-refractivity contribution in [2.75, 3.05) is 19.7 Å². The fraction of sp³-hybridized carbons (Fsp3) is 0.462. The van der Waals surface area contributed by atoms with Crippen molar-refractivity contribution >= 4 is 5.97 Å². The molecule has 0 spiro atoms. The lowest BCUT2D eigenvalue weighted by atomic mass is 10.1. The molecule has 17 heavy (non-hydrogen) atoms. The van der Waals surface area contributed by atoms with Crippen molar-refractivity contribution in [3.05, 3.63) is 35.9 Å². The first kappa shape index (κ1) is 12.0. The number of esters is 1. The quantitative estimate of drug-likeness (QED) is 0.806. The Morgan fingerprint density at radius 1 is 1.41 bits per heavy atom. The van der Waals surface area contributed by atoms with Crippen LogP contribution in [-0.4, -0.2) is 31.3 Å². The van der Waals surface area contributed by atoms with Crippen molar-refractivity contribution in [2.24, 2.45) is 0 Å². The Hall–Kier alpha value is -1.42. The summed E-state index contributed by atoms with van der Waals surface area (Å²) in [5, 5.41) is 2.92. The summed E-state index contributed by atoms with van der Waals surface area (Å²) < 4.78 is 18.9. The van der Waals surface area contributed by atoms with Crippen molar-refractivity contribution in [2.45, 2.75) is 18.5 Å². The molecule has 1 heterocycles. The third kappa shape index (κ3) is 3.53. The normalized spacial score (nSPS) is 23.6. The molecule has 0 bridgehead atoms. The molecule has 1 saturated heterocycles. The van der Waals surface area contributed by atoms with Crippen molar-refractivity contribution in [3.8, 4) is 0 Å². The van der Waals surface area contributed by atoms with E-state index in [1.54, 1.807) is 0 Å². The smallest absolute Gasteiger partial charge is 0.310 e. The number of ether oxygens (including phenoxy) is 1. The number of hydrogen-bond acceptors (Lipinski definition) is 3. The molecule has 1 unspecified atom stereocenters. The molecule has 1 aromatic rings. The van der Waals surface area contributed by atoms with Crippen molar-refractivity contribution in [1.29, 1.82) is 0 Å². The van der Waals surface area contributed by atoms with Gasteiger partial charge in [-0.25, -0.2) is 4.39 Å². The van der Waals surface area contributed by atoms with Crippen LogP contribution in [0, 0.1) is 0 Å². The zero-order valence-electron chi connectivity index (χ0n) is 9.62. The van der Waals surface area contributed by atoms with Crippen molar-refractivity contribution in [3.63, 3.8) is 0 Å². The molecule has 0 aliphatic carbocycles. The van der Waals surface area contributed by atoms with Crippen LogP contribution in [0.5, 0.6) is 0 Å². The second kappa shape index (κ2) is 5.27. The largest absolute Gasteiger partial charge is 0.462 e. The van der Waals surface area contributed by atoms with Crippen LogP contribution in [0.1, 0.15) is 12.0 Å². The molecule has 3 nitrogen and oxygen atoms in total. The minimum absolute atomic E-state index is 0.147. The Morgan fingerprint density at radius 2 is 2.18 bits per heavy atom. The molecule has 2 rings (SSSR count). The maximum atomic E-state index is 13.9. The van der Waals surface area contributed by atoms with Crippen LogP contribution in [0.15, 0.2) is 30.3 Å². The minimum atomic E-state index is -1.38. The van der Waals surface area contributed by atoms with Gasteiger partial charge in [0.05, 0.1) is 6.42 Å². The van der Waals surface area contributed by atoms with Crippen LogP contribution in [0.4, 0.5) is 4.39 Å². The number of benzene rings is 1. The standard InChI is InChI=1S/C13H16FNO2/c14-13(6-7-15-9-13)10-17-12(16)8-11-4-2-1-3-5-11/h1-5,15H,6-10H2. The molecular formula is C13H16FNO2. The molecule has 4 heteroatoms. The zero-order valence-corrected chi connectivity index (χ0v) is 9.62. The highest BCUT2D eigenvalue weighted by Crippen LogP contribution is 2.20. The van der Waals surface area contributed by atoms with Crippen LogP contribution < -0.4 is 5.32 Å². The van der Waals surface area contributed by atoms with Gasteiger partial charge in [0.2, 0.25) is 0 Å². The first-order valence-corrected chi connectivity index (χ1v) is 5.77. The fourth-order valence-corrected chi connectivity index (χ4v) is 1.86. The van der Waals surface area contributed by atoms with Crippen LogP contribution in [0.2, 0.25) is 0 Å². The van der Waals surface area contributed by atoms with Gasteiger partial charge < -0.3 is 10.1 Å². The van der Waals surface area contributed by atoms with Gasteiger partial charge in [0, 0.05) is 6.54 Å². The van der Waals surface area contributed by atoms with Gasteiger partial charge in [-0.15, -0.1) is 0 Å². The first-order chi connectivity index (χ1) is 8.18. The molecular weight excluding hydrogens is 221 g/mol. The van der Waals surface area contributed by atoms with E-state index in [9.17, 15) is 9.18 Å². The number of carbonyl (C=O) groups is 1. The maximum absolute atomic E-state index is 13.9. The second-order valence-corrected chi connectivity index (χ2v) is 4.40. The predicted molar refractivity (Wildman–Crippen MR) is 62.4 cm³/mol. The van der Waals surface area contributed by atoms with Gasteiger partial charge in [-0.2, -0.15) is 0 Å². The topological polar surface area (TPSA) is 38.3 Å². The molecule has 1 fully saturated rings. The van der Waals surface area contributed by atoms with Gasteiger partial charge in [0.1, 0.15) is 6.61 Å². The zero-order chi connectivity index (χ0) is 12.1. The summed E-state index contributed by atoms with van der Waals surface area (Å²) in [5.41, 5.74) is -0.498. The summed E-state index contributed by atoms with van der Waals surface area (Å²) in [6, 6.07) is 9.31. The van der Waals surface area contributed by atoms with Gasteiger partial charge in [-0.1, -0.05) is 30.3 Å². The number of rotatable bonds is 4. The van der Waals surface area contributed by atoms with Crippen LogP contribution in [0.3, 0.4) is 0 Å². The van der Waals surface area contributed by atoms with E-state index in [1.807, 2.05) is 30.3 Å². The minimum Gasteiger partial charge on any atom is -0.462 e. The highest BCUT2D eigenvalue weighted by molar-refractivity contribution is 5.72. The molecule has 1 aromatic carbocycles. The van der Waals surface area contributed by atoms with E-state index in [0.29, 0.717) is 13.0 Å².